The Morgan fingerprint density at radius 2 is 1.62 bits per heavy atom. The molecule has 1 aromatic carbocycles. The molecular formula is C29H39F3. The molecule has 0 N–H and O–H groups in total. The van der Waals surface area contributed by atoms with Gasteiger partial charge in [-0.05, 0) is 36.7 Å². The lowest BCUT2D eigenvalue weighted by Gasteiger charge is -2.41. The van der Waals surface area contributed by atoms with Crippen LogP contribution >= 0.6 is 0 Å². The molecule has 0 heterocycles. The van der Waals surface area contributed by atoms with E-state index in [1.165, 1.54) is 50.5 Å². The van der Waals surface area contributed by atoms with Crippen LogP contribution in [0.1, 0.15) is 89.0 Å². The van der Waals surface area contributed by atoms with Crippen molar-refractivity contribution < 1.29 is 13.2 Å². The lowest BCUT2D eigenvalue weighted by Crippen LogP contribution is -2.30. The van der Waals surface area contributed by atoms with Crippen LogP contribution in [0.5, 0.6) is 0 Å². The zero-order valence-electron chi connectivity index (χ0n) is 19.5. The van der Waals surface area contributed by atoms with E-state index in [0.717, 1.165) is 18.8 Å². The molecule has 176 valence electrons. The highest BCUT2D eigenvalue weighted by Crippen LogP contribution is 2.47. The van der Waals surface area contributed by atoms with Crippen molar-refractivity contribution in [3.05, 3.63) is 72.4 Å². The highest BCUT2D eigenvalue weighted by molar-refractivity contribution is 5.37. The summed E-state index contributed by atoms with van der Waals surface area (Å²) in [7, 11) is 0. The fourth-order valence-corrected chi connectivity index (χ4v) is 5.42. The maximum atomic E-state index is 12.6. The average molecular weight is 445 g/mol. The van der Waals surface area contributed by atoms with Crippen LogP contribution in [-0.2, 0) is 0 Å². The predicted octanol–water partition coefficient (Wildman–Crippen LogP) is 9.56. The average Bonchev–Trinajstić information content (AvgIpc) is 2.80. The summed E-state index contributed by atoms with van der Waals surface area (Å²) in [4.78, 5) is 0. The molecule has 3 heteroatoms. The Balaban J connectivity index is 1.66. The lowest BCUT2D eigenvalue weighted by molar-refractivity contribution is -0.133. The highest BCUT2D eigenvalue weighted by Gasteiger charge is 2.36. The minimum atomic E-state index is -4.09. The Kier molecular flexibility index (Phi) is 9.25. The fourth-order valence-electron chi connectivity index (χ4n) is 5.42. The summed E-state index contributed by atoms with van der Waals surface area (Å²) < 4.78 is 37.9. The Morgan fingerprint density at radius 3 is 2.25 bits per heavy atom. The molecule has 32 heavy (non-hydrogen) atoms. The summed E-state index contributed by atoms with van der Waals surface area (Å²) in [6.45, 7) is 2.25. The van der Waals surface area contributed by atoms with Gasteiger partial charge in [-0.15, -0.1) is 0 Å². The predicted molar refractivity (Wildman–Crippen MR) is 129 cm³/mol. The number of rotatable bonds is 10. The van der Waals surface area contributed by atoms with E-state index in [1.807, 2.05) is 6.07 Å². The molecule has 0 aliphatic heterocycles. The van der Waals surface area contributed by atoms with Crippen molar-refractivity contribution in [3.8, 4) is 0 Å². The maximum absolute atomic E-state index is 12.6. The molecule has 0 amide bonds. The van der Waals surface area contributed by atoms with Crippen LogP contribution in [0.15, 0.2) is 66.8 Å². The van der Waals surface area contributed by atoms with Crippen molar-refractivity contribution in [1.82, 2.24) is 0 Å². The Labute approximate surface area is 192 Å². The van der Waals surface area contributed by atoms with Gasteiger partial charge in [0.05, 0.1) is 0 Å². The first-order valence-corrected chi connectivity index (χ1v) is 12.6. The molecule has 0 radical (unpaired) electrons. The maximum Gasteiger partial charge on any atom is 0.389 e. The number of unbranched alkanes of at least 4 members (excludes halogenated alkanes) is 3. The fraction of sp³-hybridized carbons (Fsp3) is 0.586. The van der Waals surface area contributed by atoms with E-state index in [4.69, 9.17) is 0 Å². The summed E-state index contributed by atoms with van der Waals surface area (Å²) in [5.41, 5.74) is 1.01. The van der Waals surface area contributed by atoms with Crippen LogP contribution in [0, 0.1) is 17.3 Å². The minimum absolute atomic E-state index is 0.0574. The van der Waals surface area contributed by atoms with Crippen LogP contribution in [0.4, 0.5) is 13.2 Å². The Bertz CT molecular complexity index is 734. The standard InChI is InChI=1S/C29H39F3/c1-2-3-4-6-11-24-14-16-27(17-15-24)28(20-9-10-21-29(30,31)32)22-18-26(19-23-28)25-12-7-5-8-13-25/h5,7-9,12-13,18-20,22-24,26-27H,2-4,6,10-11,14-17,21H2,1H3/b20-9+. The van der Waals surface area contributed by atoms with Gasteiger partial charge in [-0.2, -0.15) is 13.2 Å². The molecule has 1 fully saturated rings. The third-order valence-electron chi connectivity index (χ3n) is 7.39. The molecule has 0 saturated heterocycles. The van der Waals surface area contributed by atoms with E-state index in [2.05, 4.69) is 61.6 Å². The van der Waals surface area contributed by atoms with Gasteiger partial charge >= 0.3 is 6.18 Å². The van der Waals surface area contributed by atoms with Crippen molar-refractivity contribution in [2.24, 2.45) is 17.3 Å². The molecular weight excluding hydrogens is 405 g/mol. The largest absolute Gasteiger partial charge is 0.389 e. The van der Waals surface area contributed by atoms with Crippen LogP contribution < -0.4 is 0 Å². The summed E-state index contributed by atoms with van der Waals surface area (Å²) in [5.74, 6) is 1.53. The van der Waals surface area contributed by atoms with Crippen LogP contribution in [-0.4, -0.2) is 6.18 Å². The van der Waals surface area contributed by atoms with E-state index < -0.39 is 12.6 Å². The van der Waals surface area contributed by atoms with Gasteiger partial charge in [0.25, 0.3) is 0 Å². The Hall–Kier alpha value is -1.77. The monoisotopic (exact) mass is 444 g/mol. The number of alkyl halides is 3. The van der Waals surface area contributed by atoms with Crippen LogP contribution in [0.2, 0.25) is 0 Å². The van der Waals surface area contributed by atoms with E-state index in [1.54, 1.807) is 6.08 Å². The number of allylic oxidation sites excluding steroid dienone is 6. The molecule has 0 aromatic heterocycles. The normalized spacial score (nSPS) is 28.4. The molecule has 2 aliphatic rings. The first kappa shape index (κ1) is 24.9. The summed E-state index contributed by atoms with van der Waals surface area (Å²) in [5, 5.41) is 0. The molecule has 0 nitrogen and oxygen atoms in total. The lowest BCUT2D eigenvalue weighted by atomic mass is 9.64. The molecule has 1 aromatic rings. The highest BCUT2D eigenvalue weighted by atomic mass is 19.4. The van der Waals surface area contributed by atoms with Gasteiger partial charge in [0.2, 0.25) is 0 Å². The van der Waals surface area contributed by atoms with Gasteiger partial charge in [0.15, 0.2) is 0 Å². The minimum Gasteiger partial charge on any atom is -0.171 e. The van der Waals surface area contributed by atoms with Gasteiger partial charge < -0.3 is 0 Å². The van der Waals surface area contributed by atoms with Crippen molar-refractivity contribution in [2.45, 2.75) is 89.6 Å². The number of hydrogen-bond acceptors (Lipinski definition) is 0. The summed E-state index contributed by atoms with van der Waals surface area (Å²) >= 11 is 0. The molecule has 1 saturated carbocycles. The second-order valence-electron chi connectivity index (χ2n) is 9.78. The van der Waals surface area contributed by atoms with E-state index >= 15 is 0 Å². The second-order valence-corrected chi connectivity index (χ2v) is 9.78. The second kappa shape index (κ2) is 11.9. The topological polar surface area (TPSA) is 0 Å². The third kappa shape index (κ3) is 7.39. The van der Waals surface area contributed by atoms with Crippen molar-refractivity contribution in [3.63, 3.8) is 0 Å². The van der Waals surface area contributed by atoms with Gasteiger partial charge in [-0.3, -0.25) is 0 Å². The van der Waals surface area contributed by atoms with Crippen molar-refractivity contribution >= 4 is 0 Å². The Morgan fingerprint density at radius 1 is 0.938 bits per heavy atom. The van der Waals surface area contributed by atoms with Crippen molar-refractivity contribution in [1.29, 1.82) is 0 Å². The molecule has 0 atom stereocenters. The molecule has 2 aliphatic carbocycles. The smallest absolute Gasteiger partial charge is 0.171 e. The molecule has 3 rings (SSSR count). The van der Waals surface area contributed by atoms with E-state index in [0.29, 0.717) is 5.92 Å². The number of halogens is 3. The molecule has 0 bridgehead atoms. The SMILES string of the molecule is CCCCCCC1CCC(C2(/C=C/CCC(F)(F)F)C=CC(c3ccccc3)C=C2)CC1. The third-order valence-corrected chi connectivity index (χ3v) is 7.39. The molecule has 0 unspecified atom stereocenters. The summed E-state index contributed by atoms with van der Waals surface area (Å²) in [6.07, 6.45) is 19.6. The zero-order chi connectivity index (χ0) is 22.9. The van der Waals surface area contributed by atoms with Gasteiger partial charge in [-0.1, -0.05) is 119 Å². The van der Waals surface area contributed by atoms with Crippen LogP contribution in [0.25, 0.3) is 0 Å². The number of hydrogen-bond donors (Lipinski definition) is 0. The van der Waals surface area contributed by atoms with Gasteiger partial charge in [0, 0.05) is 17.8 Å². The van der Waals surface area contributed by atoms with E-state index in [9.17, 15) is 13.2 Å². The molecule has 0 spiro atoms. The first-order chi connectivity index (χ1) is 15.4. The van der Waals surface area contributed by atoms with E-state index in [-0.39, 0.29) is 17.8 Å². The first-order valence-electron chi connectivity index (χ1n) is 12.6. The number of benzene rings is 1. The van der Waals surface area contributed by atoms with Gasteiger partial charge in [0.1, 0.15) is 0 Å². The quantitative estimate of drug-likeness (QED) is 0.249. The summed E-state index contributed by atoms with van der Waals surface area (Å²) in [6, 6.07) is 10.4. The zero-order valence-corrected chi connectivity index (χ0v) is 19.5. The van der Waals surface area contributed by atoms with Crippen molar-refractivity contribution in [2.75, 3.05) is 0 Å². The van der Waals surface area contributed by atoms with Crippen LogP contribution in [0.3, 0.4) is 0 Å². The van der Waals surface area contributed by atoms with Gasteiger partial charge in [-0.25, -0.2) is 0 Å².